The van der Waals surface area contributed by atoms with Gasteiger partial charge in [0, 0.05) is 11.6 Å². The van der Waals surface area contributed by atoms with Crippen LogP contribution in [0.2, 0.25) is 5.02 Å². The number of carbonyl (C=O) groups is 2. The molecule has 1 saturated carbocycles. The van der Waals surface area contributed by atoms with Crippen LogP contribution in [0.15, 0.2) is 29.2 Å². The van der Waals surface area contributed by atoms with Crippen molar-refractivity contribution in [1.82, 2.24) is 24.9 Å². The predicted molar refractivity (Wildman–Crippen MR) is 110 cm³/mol. The summed E-state index contributed by atoms with van der Waals surface area (Å²) < 4.78 is 28.6. The highest BCUT2D eigenvalue weighted by Crippen LogP contribution is 2.40. The Bertz CT molecular complexity index is 1050. The van der Waals surface area contributed by atoms with Gasteiger partial charge in [0.05, 0.1) is 4.90 Å². The summed E-state index contributed by atoms with van der Waals surface area (Å²) in [6, 6.07) is 5.59. The SMILES string of the molecule is NC(=O)c1nnnn1C(CCNS(=O)(=O)c1ccc(Cl)cc1)(C(=O)O)C1CCCCC1. The Hall–Kier alpha value is -2.57. The first kappa shape index (κ1) is 23.1. The number of benzene rings is 1. The van der Waals surface area contributed by atoms with Gasteiger partial charge >= 0.3 is 5.97 Å². The van der Waals surface area contributed by atoms with E-state index in [2.05, 4.69) is 20.2 Å². The lowest BCUT2D eigenvalue weighted by Crippen LogP contribution is -2.53. The zero-order valence-electron chi connectivity index (χ0n) is 16.6. The molecule has 3 rings (SSSR count). The summed E-state index contributed by atoms with van der Waals surface area (Å²) in [6.07, 6.45) is 3.57. The number of nitrogens with zero attached hydrogens (tertiary/aromatic N) is 4. The second kappa shape index (κ2) is 9.28. The smallest absolute Gasteiger partial charge is 0.332 e. The lowest BCUT2D eigenvalue weighted by Gasteiger charge is -2.39. The van der Waals surface area contributed by atoms with E-state index in [-0.39, 0.29) is 23.7 Å². The van der Waals surface area contributed by atoms with E-state index >= 15 is 0 Å². The van der Waals surface area contributed by atoms with Crippen molar-refractivity contribution in [3.05, 3.63) is 35.1 Å². The van der Waals surface area contributed by atoms with Gasteiger partial charge in [-0.2, -0.15) is 0 Å². The van der Waals surface area contributed by atoms with Crippen LogP contribution in [0.4, 0.5) is 0 Å². The normalized spacial score (nSPS) is 17.2. The zero-order chi connectivity index (χ0) is 22.6. The molecule has 4 N–H and O–H groups in total. The summed E-state index contributed by atoms with van der Waals surface area (Å²) >= 11 is 5.80. The fourth-order valence-electron chi connectivity index (χ4n) is 4.12. The summed E-state index contributed by atoms with van der Waals surface area (Å²) in [4.78, 5) is 24.4. The molecule has 1 unspecified atom stereocenters. The van der Waals surface area contributed by atoms with Crippen LogP contribution in [0.25, 0.3) is 0 Å². The Morgan fingerprint density at radius 2 is 1.87 bits per heavy atom. The minimum Gasteiger partial charge on any atom is -0.479 e. The van der Waals surface area contributed by atoms with E-state index < -0.39 is 33.4 Å². The molecule has 1 fully saturated rings. The number of nitrogens with one attached hydrogen (secondary N) is 1. The molecule has 11 nitrogen and oxygen atoms in total. The molecule has 13 heteroatoms. The molecule has 1 aliphatic rings. The molecular weight excluding hydrogens is 448 g/mol. The van der Waals surface area contributed by atoms with Crippen LogP contribution in [-0.2, 0) is 20.4 Å². The van der Waals surface area contributed by atoms with Gasteiger partial charge in [-0.1, -0.05) is 30.9 Å². The molecule has 1 aliphatic carbocycles. The number of sulfonamides is 1. The van der Waals surface area contributed by atoms with Gasteiger partial charge in [-0.15, -0.1) is 5.10 Å². The van der Waals surface area contributed by atoms with Crippen molar-refractivity contribution in [1.29, 1.82) is 0 Å². The highest BCUT2D eigenvalue weighted by molar-refractivity contribution is 7.89. The molecule has 1 aromatic heterocycles. The Labute approximate surface area is 184 Å². The molecule has 31 heavy (non-hydrogen) atoms. The van der Waals surface area contributed by atoms with Crippen LogP contribution in [0, 0.1) is 5.92 Å². The first-order chi connectivity index (χ1) is 14.7. The van der Waals surface area contributed by atoms with Crippen molar-refractivity contribution in [2.45, 2.75) is 49.0 Å². The second-order valence-corrected chi connectivity index (χ2v) is 9.65. The number of tetrazole rings is 1. The van der Waals surface area contributed by atoms with E-state index in [9.17, 15) is 23.1 Å². The maximum Gasteiger partial charge on any atom is 0.332 e. The molecule has 0 radical (unpaired) electrons. The number of rotatable bonds is 9. The third-order valence-electron chi connectivity index (χ3n) is 5.64. The van der Waals surface area contributed by atoms with Gasteiger partial charge in [0.25, 0.3) is 5.91 Å². The maximum atomic E-state index is 12.6. The molecule has 2 aromatic rings. The number of aromatic nitrogens is 4. The fourth-order valence-corrected chi connectivity index (χ4v) is 5.28. The monoisotopic (exact) mass is 470 g/mol. The van der Waals surface area contributed by atoms with Gasteiger partial charge in [-0.3, -0.25) is 4.79 Å². The minimum absolute atomic E-state index is 0.00395. The van der Waals surface area contributed by atoms with E-state index in [1.807, 2.05) is 0 Å². The highest BCUT2D eigenvalue weighted by Gasteiger charge is 2.50. The number of halogens is 1. The van der Waals surface area contributed by atoms with Gasteiger partial charge in [-0.25, -0.2) is 22.6 Å². The fraction of sp³-hybridized carbons (Fsp3) is 0.500. The van der Waals surface area contributed by atoms with E-state index in [0.29, 0.717) is 17.9 Å². The Balaban J connectivity index is 1.93. The standard InChI is InChI=1S/C18H23ClN6O5S/c19-13-6-8-14(9-7-13)31(29,30)21-11-10-18(17(27)28,12-4-2-1-3-5-12)25-16(15(20)26)22-23-24-25/h6-9,12,21H,1-5,10-11H2,(H2,20,26)(H,27,28). The largest absolute Gasteiger partial charge is 0.479 e. The number of amides is 1. The molecule has 1 aromatic carbocycles. The first-order valence-electron chi connectivity index (χ1n) is 9.76. The van der Waals surface area contributed by atoms with Crippen LogP contribution >= 0.6 is 11.6 Å². The van der Waals surface area contributed by atoms with E-state index in [4.69, 9.17) is 17.3 Å². The summed E-state index contributed by atoms with van der Waals surface area (Å²) in [6.45, 7) is -0.216. The molecule has 0 bridgehead atoms. The Morgan fingerprint density at radius 1 is 1.23 bits per heavy atom. The predicted octanol–water partition coefficient (Wildman–Crippen LogP) is 1.15. The lowest BCUT2D eigenvalue weighted by atomic mass is 9.72. The molecule has 0 spiro atoms. The van der Waals surface area contributed by atoms with Gasteiger partial charge in [0.2, 0.25) is 15.8 Å². The second-order valence-electron chi connectivity index (χ2n) is 7.44. The number of carboxylic acids is 1. The van der Waals surface area contributed by atoms with Crippen molar-refractivity contribution in [2.75, 3.05) is 6.54 Å². The quantitative estimate of drug-likeness (QED) is 0.489. The van der Waals surface area contributed by atoms with E-state index in [1.165, 1.54) is 24.3 Å². The number of aliphatic carboxylic acids is 1. The average molecular weight is 471 g/mol. The number of carboxylic acid groups (broad SMARTS) is 1. The Kier molecular flexibility index (Phi) is 6.92. The van der Waals surface area contributed by atoms with Crippen LogP contribution in [-0.4, -0.2) is 52.2 Å². The molecule has 168 valence electrons. The third-order valence-corrected chi connectivity index (χ3v) is 7.37. The average Bonchev–Trinajstić information content (AvgIpc) is 3.22. The third kappa shape index (κ3) is 4.70. The van der Waals surface area contributed by atoms with Gasteiger partial charge < -0.3 is 10.8 Å². The van der Waals surface area contributed by atoms with Crippen molar-refractivity contribution >= 4 is 33.5 Å². The van der Waals surface area contributed by atoms with E-state index in [1.54, 1.807) is 0 Å². The summed E-state index contributed by atoms with van der Waals surface area (Å²) in [5.41, 5.74) is 3.63. The number of carbonyl (C=O) groups excluding carboxylic acids is 1. The van der Waals surface area contributed by atoms with Crippen LogP contribution in [0.1, 0.15) is 49.1 Å². The maximum absolute atomic E-state index is 12.6. The molecule has 1 amide bonds. The number of primary amides is 1. The van der Waals surface area contributed by atoms with Crippen molar-refractivity contribution < 1.29 is 23.1 Å². The highest BCUT2D eigenvalue weighted by atomic mass is 35.5. The molecule has 0 aliphatic heterocycles. The number of nitrogens with two attached hydrogens (primary N) is 1. The summed E-state index contributed by atoms with van der Waals surface area (Å²) in [7, 11) is -3.91. The molecule has 0 saturated heterocycles. The van der Waals surface area contributed by atoms with Crippen LogP contribution < -0.4 is 10.5 Å². The van der Waals surface area contributed by atoms with Crippen molar-refractivity contribution in [3.8, 4) is 0 Å². The molecular formula is C18H23ClN6O5S. The number of hydrogen-bond acceptors (Lipinski definition) is 7. The number of hydrogen-bond donors (Lipinski definition) is 3. The zero-order valence-corrected chi connectivity index (χ0v) is 18.1. The van der Waals surface area contributed by atoms with Gasteiger partial charge in [-0.05, 0) is 59.9 Å². The van der Waals surface area contributed by atoms with Gasteiger partial charge in [0.1, 0.15) is 0 Å². The molecule has 1 atom stereocenters. The van der Waals surface area contributed by atoms with Crippen LogP contribution in [0.5, 0.6) is 0 Å². The van der Waals surface area contributed by atoms with Crippen molar-refractivity contribution in [3.63, 3.8) is 0 Å². The topological polar surface area (TPSA) is 170 Å². The Morgan fingerprint density at radius 3 is 2.45 bits per heavy atom. The minimum atomic E-state index is -3.91. The van der Waals surface area contributed by atoms with Gasteiger partial charge in [0.15, 0.2) is 5.54 Å². The van der Waals surface area contributed by atoms with E-state index in [0.717, 1.165) is 23.9 Å². The van der Waals surface area contributed by atoms with Crippen LogP contribution in [0.3, 0.4) is 0 Å². The van der Waals surface area contributed by atoms with Crippen molar-refractivity contribution in [2.24, 2.45) is 11.7 Å². The first-order valence-corrected chi connectivity index (χ1v) is 11.6. The summed E-state index contributed by atoms with van der Waals surface area (Å²) in [5, 5.41) is 21.5. The lowest BCUT2D eigenvalue weighted by molar-refractivity contribution is -0.153. The molecule has 1 heterocycles. The summed E-state index contributed by atoms with van der Waals surface area (Å²) in [5.74, 6) is -3.00.